The van der Waals surface area contributed by atoms with E-state index in [-0.39, 0.29) is 17.9 Å². The molecule has 0 bridgehead atoms. The van der Waals surface area contributed by atoms with E-state index in [4.69, 9.17) is 14.7 Å². The zero-order chi connectivity index (χ0) is 21.4. The summed E-state index contributed by atoms with van der Waals surface area (Å²) in [5.41, 5.74) is 2.70. The summed E-state index contributed by atoms with van der Waals surface area (Å²) in [5, 5.41) is 9.03. The molecule has 6 nitrogen and oxygen atoms in total. The van der Waals surface area contributed by atoms with E-state index >= 15 is 0 Å². The number of aryl methyl sites for hydroxylation is 1. The number of benzene rings is 2. The van der Waals surface area contributed by atoms with Crippen LogP contribution in [0.2, 0.25) is 0 Å². The van der Waals surface area contributed by atoms with Crippen LogP contribution in [0, 0.1) is 18.3 Å². The first-order valence-electron chi connectivity index (χ1n) is 9.08. The summed E-state index contributed by atoms with van der Waals surface area (Å²) in [6.07, 6.45) is 1.36. The lowest BCUT2D eigenvalue weighted by atomic mass is 9.98. The molecule has 0 saturated carbocycles. The predicted molar refractivity (Wildman–Crippen MR) is 108 cm³/mol. The number of nitrogens with zero attached hydrogens (tertiary/aromatic N) is 1. The highest BCUT2D eigenvalue weighted by atomic mass is 16.6. The fourth-order valence-electron chi connectivity index (χ4n) is 2.77. The molecule has 0 spiro atoms. The number of carbonyl (C=O) groups is 2. The third-order valence-corrected chi connectivity index (χ3v) is 4.15. The minimum atomic E-state index is -0.734. The average molecular weight is 393 g/mol. The summed E-state index contributed by atoms with van der Waals surface area (Å²) in [5.74, 6) is -0.0125. The fourth-order valence-corrected chi connectivity index (χ4v) is 2.77. The van der Waals surface area contributed by atoms with Gasteiger partial charge in [0.2, 0.25) is 0 Å². The number of methoxy groups -OCH3 is 1. The second kappa shape index (κ2) is 10.1. The van der Waals surface area contributed by atoms with Crippen LogP contribution >= 0.6 is 0 Å². The Hall–Kier alpha value is -3.59. The van der Waals surface area contributed by atoms with E-state index in [0.29, 0.717) is 17.2 Å². The first kappa shape index (κ1) is 21.7. The van der Waals surface area contributed by atoms with Crippen molar-refractivity contribution in [3.63, 3.8) is 0 Å². The van der Waals surface area contributed by atoms with Gasteiger partial charge < -0.3 is 14.2 Å². The molecule has 0 aliphatic carbocycles. The molecule has 0 aliphatic rings. The number of hydrogen-bond acceptors (Lipinski definition) is 6. The van der Waals surface area contributed by atoms with Crippen LogP contribution in [0.15, 0.2) is 48.0 Å². The molecule has 0 radical (unpaired) electrons. The first-order valence-corrected chi connectivity index (χ1v) is 9.08. The van der Waals surface area contributed by atoms with Crippen molar-refractivity contribution in [3.05, 3.63) is 64.7 Å². The zero-order valence-electron chi connectivity index (χ0n) is 16.9. The minimum absolute atomic E-state index is 0.153. The molecule has 0 saturated heterocycles. The van der Waals surface area contributed by atoms with Crippen molar-refractivity contribution in [1.82, 2.24) is 0 Å². The van der Waals surface area contributed by atoms with Crippen molar-refractivity contribution in [1.29, 1.82) is 5.26 Å². The lowest BCUT2D eigenvalue weighted by molar-refractivity contribution is -0.137. The fraction of sp³-hybridized carbons (Fsp3) is 0.261. The van der Waals surface area contributed by atoms with Gasteiger partial charge in [0.15, 0.2) is 6.61 Å². The molecule has 0 fully saturated rings. The predicted octanol–water partition coefficient (Wildman–Crippen LogP) is 4.18. The van der Waals surface area contributed by atoms with Crippen molar-refractivity contribution in [3.8, 4) is 17.6 Å². The molecule has 2 rings (SSSR count). The molecule has 0 N–H and O–H groups in total. The highest BCUT2D eigenvalue weighted by molar-refractivity contribution is 5.97. The van der Waals surface area contributed by atoms with E-state index in [0.717, 1.165) is 5.56 Å². The molecule has 0 unspecified atom stereocenters. The Morgan fingerprint density at radius 3 is 2.52 bits per heavy atom. The van der Waals surface area contributed by atoms with E-state index < -0.39 is 11.9 Å². The zero-order valence-corrected chi connectivity index (χ0v) is 16.9. The lowest BCUT2D eigenvalue weighted by Gasteiger charge is -2.12. The van der Waals surface area contributed by atoms with Gasteiger partial charge in [-0.2, -0.15) is 5.26 Å². The van der Waals surface area contributed by atoms with Crippen LogP contribution in [0.25, 0.3) is 6.08 Å². The van der Waals surface area contributed by atoms with Gasteiger partial charge in [-0.15, -0.1) is 0 Å². The number of hydrogen-bond donors (Lipinski definition) is 0. The van der Waals surface area contributed by atoms with Crippen LogP contribution in [0.1, 0.15) is 36.5 Å². The Morgan fingerprint density at radius 1 is 1.14 bits per heavy atom. The van der Waals surface area contributed by atoms with Crippen molar-refractivity contribution >= 4 is 18.0 Å². The number of carbonyl (C=O) groups excluding carboxylic acids is 2. The monoisotopic (exact) mass is 393 g/mol. The van der Waals surface area contributed by atoms with Crippen LogP contribution in [-0.4, -0.2) is 25.7 Å². The molecule has 2 aromatic rings. The number of nitriles is 1. The van der Waals surface area contributed by atoms with Crippen molar-refractivity contribution < 1.29 is 23.8 Å². The number of esters is 2. The summed E-state index contributed by atoms with van der Waals surface area (Å²) in [7, 11) is 1.20. The highest BCUT2D eigenvalue weighted by Crippen LogP contribution is 2.23. The van der Waals surface area contributed by atoms with Gasteiger partial charge >= 0.3 is 11.9 Å². The van der Waals surface area contributed by atoms with Crippen molar-refractivity contribution in [2.24, 2.45) is 0 Å². The molecule has 2 aromatic carbocycles. The van der Waals surface area contributed by atoms with E-state index in [2.05, 4.69) is 18.6 Å². The van der Waals surface area contributed by atoms with Crippen LogP contribution < -0.4 is 9.47 Å². The smallest absolute Gasteiger partial charge is 0.349 e. The number of rotatable bonds is 7. The molecule has 0 aliphatic heterocycles. The SMILES string of the molecule is COC(=O)/C(C#N)=C/c1cccc(OC(=O)COc2ccc(C(C)C)c(C)c2)c1. The Kier molecular flexibility index (Phi) is 7.55. The normalized spacial score (nSPS) is 11.0. The van der Waals surface area contributed by atoms with Crippen LogP contribution in [0.3, 0.4) is 0 Å². The van der Waals surface area contributed by atoms with Crippen LogP contribution in [0.4, 0.5) is 0 Å². The average Bonchev–Trinajstić information content (AvgIpc) is 2.70. The van der Waals surface area contributed by atoms with Gasteiger partial charge in [-0.25, -0.2) is 9.59 Å². The van der Waals surface area contributed by atoms with E-state index in [1.54, 1.807) is 30.3 Å². The van der Waals surface area contributed by atoms with Gasteiger partial charge in [0, 0.05) is 0 Å². The van der Waals surface area contributed by atoms with Gasteiger partial charge in [-0.3, -0.25) is 0 Å². The van der Waals surface area contributed by atoms with E-state index in [1.165, 1.54) is 18.7 Å². The Bertz CT molecular complexity index is 969. The molecule has 0 amide bonds. The molecular formula is C23H23NO5. The Labute approximate surface area is 170 Å². The van der Waals surface area contributed by atoms with Gasteiger partial charge in [0.25, 0.3) is 0 Å². The summed E-state index contributed by atoms with van der Waals surface area (Å²) in [6.45, 7) is 6.00. The summed E-state index contributed by atoms with van der Waals surface area (Å²) in [4.78, 5) is 23.6. The topological polar surface area (TPSA) is 85.6 Å². The molecule has 0 atom stereocenters. The maximum absolute atomic E-state index is 12.1. The maximum atomic E-state index is 12.1. The second-order valence-electron chi connectivity index (χ2n) is 6.67. The molecule has 29 heavy (non-hydrogen) atoms. The highest BCUT2D eigenvalue weighted by Gasteiger charge is 2.11. The van der Waals surface area contributed by atoms with Gasteiger partial charge in [-0.05, 0) is 59.9 Å². The molecule has 6 heteroatoms. The first-order chi connectivity index (χ1) is 13.8. The summed E-state index contributed by atoms with van der Waals surface area (Å²) in [6, 6.07) is 14.0. The van der Waals surface area contributed by atoms with E-state index in [9.17, 15) is 9.59 Å². The van der Waals surface area contributed by atoms with Gasteiger partial charge in [-0.1, -0.05) is 32.0 Å². The van der Waals surface area contributed by atoms with Gasteiger partial charge in [0.05, 0.1) is 7.11 Å². The lowest BCUT2D eigenvalue weighted by Crippen LogP contribution is -2.17. The maximum Gasteiger partial charge on any atom is 0.349 e. The van der Waals surface area contributed by atoms with E-state index in [1.807, 2.05) is 25.1 Å². The van der Waals surface area contributed by atoms with Crippen LogP contribution in [-0.2, 0) is 14.3 Å². The Balaban J connectivity index is 2.01. The number of ether oxygens (including phenoxy) is 3. The third kappa shape index (κ3) is 6.22. The summed E-state index contributed by atoms with van der Waals surface area (Å²) < 4.78 is 15.3. The molecular weight excluding hydrogens is 370 g/mol. The van der Waals surface area contributed by atoms with Gasteiger partial charge in [0.1, 0.15) is 23.1 Å². The third-order valence-electron chi connectivity index (χ3n) is 4.15. The van der Waals surface area contributed by atoms with Crippen molar-refractivity contribution in [2.45, 2.75) is 26.7 Å². The molecule has 150 valence electrons. The summed E-state index contributed by atoms with van der Waals surface area (Å²) >= 11 is 0. The molecule has 0 heterocycles. The van der Waals surface area contributed by atoms with Crippen molar-refractivity contribution in [2.75, 3.05) is 13.7 Å². The standard InChI is InChI=1S/C23H23NO5/c1-15(2)21-9-8-19(10-16(21)3)28-14-22(25)29-20-7-5-6-17(12-20)11-18(13-24)23(26)27-4/h5-12,15H,14H2,1-4H3/b18-11+. The second-order valence-corrected chi connectivity index (χ2v) is 6.67. The van der Waals surface area contributed by atoms with Crippen LogP contribution in [0.5, 0.6) is 11.5 Å². The largest absolute Gasteiger partial charge is 0.482 e. The quantitative estimate of drug-likeness (QED) is 0.304. The Morgan fingerprint density at radius 2 is 1.90 bits per heavy atom. The minimum Gasteiger partial charge on any atom is -0.482 e. The molecule has 0 aromatic heterocycles.